The third kappa shape index (κ3) is 2.96. The number of nitrogens with one attached hydrogen (secondary N) is 1. The Balaban J connectivity index is 2.02. The maximum Gasteiger partial charge on any atom is 0.252 e. The van der Waals surface area contributed by atoms with E-state index in [2.05, 4.69) is 15.5 Å². The number of benzene rings is 1. The second kappa shape index (κ2) is 5.79. The summed E-state index contributed by atoms with van der Waals surface area (Å²) in [6.07, 6.45) is 0. The summed E-state index contributed by atoms with van der Waals surface area (Å²) in [6, 6.07) is 4.45. The zero-order chi connectivity index (χ0) is 13.0. The van der Waals surface area contributed by atoms with Crippen LogP contribution in [0.15, 0.2) is 22.7 Å². The Kier molecular flexibility index (Phi) is 4.11. The normalized spacial score (nSPS) is 10.6. The van der Waals surface area contributed by atoms with Crippen molar-refractivity contribution in [3.05, 3.63) is 40.8 Å². The number of hydrogen-bond donors (Lipinski definition) is 1. The molecule has 1 heterocycles. The minimum Gasteiger partial charge on any atom is -0.375 e. The van der Waals surface area contributed by atoms with Crippen molar-refractivity contribution in [2.45, 2.75) is 13.2 Å². The van der Waals surface area contributed by atoms with E-state index < -0.39 is 5.82 Å². The first-order valence-corrected chi connectivity index (χ1v) is 5.57. The van der Waals surface area contributed by atoms with Gasteiger partial charge in [-0.15, -0.1) is 0 Å². The van der Waals surface area contributed by atoms with Crippen LogP contribution < -0.4 is 5.32 Å². The molecule has 2 aromatic rings. The van der Waals surface area contributed by atoms with Crippen molar-refractivity contribution in [3.8, 4) is 0 Å². The molecule has 1 N–H and O–H groups in total. The number of para-hydroxylation sites is 1. The molecule has 18 heavy (non-hydrogen) atoms. The molecule has 0 atom stereocenters. The first kappa shape index (κ1) is 12.8. The molecule has 0 saturated carbocycles. The molecule has 1 aromatic carbocycles. The van der Waals surface area contributed by atoms with Gasteiger partial charge >= 0.3 is 0 Å². The monoisotopic (exact) mass is 271 g/mol. The molecule has 0 radical (unpaired) electrons. The molecule has 0 fully saturated rings. The van der Waals surface area contributed by atoms with Crippen LogP contribution in [0.3, 0.4) is 0 Å². The van der Waals surface area contributed by atoms with E-state index in [0.29, 0.717) is 16.7 Å². The van der Waals surface area contributed by atoms with Gasteiger partial charge in [-0.2, -0.15) is 4.98 Å². The lowest BCUT2D eigenvalue weighted by atomic mass is 10.3. The summed E-state index contributed by atoms with van der Waals surface area (Å²) in [5.74, 6) is 0.346. The summed E-state index contributed by atoms with van der Waals surface area (Å²) in [5.41, 5.74) is 0.220. The van der Waals surface area contributed by atoms with Crippen molar-refractivity contribution in [1.82, 2.24) is 10.1 Å². The topological polar surface area (TPSA) is 60.2 Å². The maximum absolute atomic E-state index is 13.4. The molecule has 0 unspecified atom stereocenters. The Morgan fingerprint density at radius 3 is 3.06 bits per heavy atom. The van der Waals surface area contributed by atoms with E-state index in [4.69, 9.17) is 20.9 Å². The Bertz CT molecular complexity index is 513. The van der Waals surface area contributed by atoms with E-state index >= 15 is 0 Å². The summed E-state index contributed by atoms with van der Waals surface area (Å²) in [4.78, 5) is 4.04. The number of nitrogens with zero attached hydrogens (tertiary/aromatic N) is 2. The van der Waals surface area contributed by atoms with Gasteiger partial charge in [0.2, 0.25) is 0 Å². The van der Waals surface area contributed by atoms with Crippen LogP contribution in [-0.4, -0.2) is 17.3 Å². The molecule has 0 aliphatic rings. The van der Waals surface area contributed by atoms with Gasteiger partial charge in [0.25, 0.3) is 5.89 Å². The van der Waals surface area contributed by atoms with Crippen molar-refractivity contribution >= 4 is 17.3 Å². The van der Waals surface area contributed by atoms with E-state index in [9.17, 15) is 4.39 Å². The third-order valence-corrected chi connectivity index (χ3v) is 2.48. The lowest BCUT2D eigenvalue weighted by molar-refractivity contribution is 0.151. The number of halogens is 2. The molecule has 1 aromatic heterocycles. The number of rotatable bonds is 5. The molecule has 0 aliphatic carbocycles. The summed E-state index contributed by atoms with van der Waals surface area (Å²) >= 11 is 5.86. The molecular weight excluding hydrogens is 261 g/mol. The Hall–Kier alpha value is -1.66. The van der Waals surface area contributed by atoms with Crippen LogP contribution in [0.1, 0.15) is 11.7 Å². The highest BCUT2D eigenvalue weighted by atomic mass is 35.5. The molecule has 0 bridgehead atoms. The fourth-order valence-electron chi connectivity index (χ4n) is 1.38. The summed E-state index contributed by atoms with van der Waals surface area (Å²) in [6.45, 7) is 0.460. The lowest BCUT2D eigenvalue weighted by Crippen LogP contribution is -2.03. The average Bonchev–Trinajstić information content (AvgIpc) is 2.77. The van der Waals surface area contributed by atoms with E-state index in [1.165, 1.54) is 19.2 Å². The SMILES string of the molecule is COCc1nc(CNc2c(F)cccc2Cl)no1. The quantitative estimate of drug-likeness (QED) is 0.906. The third-order valence-electron chi connectivity index (χ3n) is 2.16. The maximum atomic E-state index is 13.4. The fraction of sp³-hybridized carbons (Fsp3) is 0.273. The average molecular weight is 272 g/mol. The van der Waals surface area contributed by atoms with Crippen LogP contribution in [0.4, 0.5) is 10.1 Å². The van der Waals surface area contributed by atoms with Crippen LogP contribution in [0.2, 0.25) is 5.02 Å². The molecule has 0 amide bonds. The molecule has 96 valence electrons. The number of hydrogen-bond acceptors (Lipinski definition) is 5. The van der Waals surface area contributed by atoms with Crippen LogP contribution >= 0.6 is 11.6 Å². The lowest BCUT2D eigenvalue weighted by Gasteiger charge is -2.06. The van der Waals surface area contributed by atoms with Crippen LogP contribution in [0.5, 0.6) is 0 Å². The van der Waals surface area contributed by atoms with E-state index in [1.54, 1.807) is 6.07 Å². The summed E-state index contributed by atoms with van der Waals surface area (Å²) in [7, 11) is 1.53. The Labute approximate surface area is 108 Å². The zero-order valence-electron chi connectivity index (χ0n) is 9.61. The molecule has 7 heteroatoms. The summed E-state index contributed by atoms with van der Waals surface area (Å²) < 4.78 is 23.2. The predicted molar refractivity (Wildman–Crippen MR) is 63.7 cm³/mol. The minimum atomic E-state index is -0.428. The molecule has 5 nitrogen and oxygen atoms in total. The number of aromatic nitrogens is 2. The highest BCUT2D eigenvalue weighted by molar-refractivity contribution is 6.33. The van der Waals surface area contributed by atoms with Crippen LogP contribution in [-0.2, 0) is 17.9 Å². The molecule has 0 saturated heterocycles. The van der Waals surface area contributed by atoms with Gasteiger partial charge in [0.15, 0.2) is 5.82 Å². The van der Waals surface area contributed by atoms with E-state index in [-0.39, 0.29) is 18.8 Å². The Morgan fingerprint density at radius 2 is 2.33 bits per heavy atom. The highest BCUT2D eigenvalue weighted by Gasteiger charge is 2.09. The van der Waals surface area contributed by atoms with Gasteiger partial charge in [-0.1, -0.05) is 22.8 Å². The van der Waals surface area contributed by atoms with Crippen molar-refractivity contribution < 1.29 is 13.7 Å². The first-order chi connectivity index (χ1) is 8.70. The van der Waals surface area contributed by atoms with Gasteiger partial charge < -0.3 is 14.6 Å². The van der Waals surface area contributed by atoms with E-state index in [1.807, 2.05) is 0 Å². The number of ether oxygens (including phenoxy) is 1. The van der Waals surface area contributed by atoms with Gasteiger partial charge in [0.05, 0.1) is 17.3 Å². The minimum absolute atomic E-state index is 0.216. The predicted octanol–water partition coefficient (Wildman–Crippen LogP) is 2.62. The molecular formula is C11H11ClFN3O2. The molecule has 0 spiro atoms. The smallest absolute Gasteiger partial charge is 0.252 e. The zero-order valence-corrected chi connectivity index (χ0v) is 10.4. The standard InChI is InChI=1S/C11H11ClFN3O2/c1-17-6-10-15-9(16-18-10)5-14-11-7(12)3-2-4-8(11)13/h2-4,14H,5-6H2,1H3. The van der Waals surface area contributed by atoms with Gasteiger partial charge in [-0.05, 0) is 12.1 Å². The Morgan fingerprint density at radius 1 is 1.50 bits per heavy atom. The number of methoxy groups -OCH3 is 1. The van der Waals surface area contributed by atoms with Gasteiger partial charge in [-0.3, -0.25) is 0 Å². The van der Waals surface area contributed by atoms with Gasteiger partial charge in [-0.25, -0.2) is 4.39 Å². The van der Waals surface area contributed by atoms with Crippen LogP contribution in [0.25, 0.3) is 0 Å². The second-order valence-corrected chi connectivity index (χ2v) is 3.89. The highest BCUT2D eigenvalue weighted by Crippen LogP contribution is 2.24. The number of anilines is 1. The molecule has 0 aliphatic heterocycles. The largest absolute Gasteiger partial charge is 0.375 e. The fourth-order valence-corrected chi connectivity index (χ4v) is 1.61. The molecule has 2 rings (SSSR count). The van der Waals surface area contributed by atoms with E-state index in [0.717, 1.165) is 0 Å². The van der Waals surface area contributed by atoms with Crippen molar-refractivity contribution in [2.75, 3.05) is 12.4 Å². The first-order valence-electron chi connectivity index (χ1n) is 5.19. The van der Waals surface area contributed by atoms with Crippen molar-refractivity contribution in [1.29, 1.82) is 0 Å². The van der Waals surface area contributed by atoms with Gasteiger partial charge in [0, 0.05) is 7.11 Å². The van der Waals surface area contributed by atoms with Crippen molar-refractivity contribution in [3.63, 3.8) is 0 Å². The second-order valence-electron chi connectivity index (χ2n) is 3.49. The summed E-state index contributed by atoms with van der Waals surface area (Å²) in [5, 5.41) is 6.84. The van der Waals surface area contributed by atoms with Crippen molar-refractivity contribution in [2.24, 2.45) is 0 Å². The van der Waals surface area contributed by atoms with Crippen LogP contribution in [0, 0.1) is 5.82 Å². The van der Waals surface area contributed by atoms with Gasteiger partial charge in [0.1, 0.15) is 12.4 Å².